The molecule has 0 aliphatic rings. The Hall–Kier alpha value is 0.359. The van der Waals surface area contributed by atoms with Gasteiger partial charge in [-0.15, -0.1) is 0 Å². The molecule has 0 aromatic carbocycles. The predicted molar refractivity (Wildman–Crippen MR) is 41.4 cm³/mol. The molecule has 46 valence electrons. The van der Waals surface area contributed by atoms with Crippen LogP contribution in [0.25, 0.3) is 0 Å². The summed E-state index contributed by atoms with van der Waals surface area (Å²) in [6.07, 6.45) is 5.37. The molecule has 0 aliphatic heterocycles. The molecule has 0 aromatic heterocycles. The molecule has 0 N–H and O–H groups in total. The Morgan fingerprint density at radius 1 is 1.38 bits per heavy atom. The first kappa shape index (κ1) is 8.36. The summed E-state index contributed by atoms with van der Waals surface area (Å²) in [6.45, 7) is 4.44. The Labute approximate surface area is 56.5 Å². The summed E-state index contributed by atoms with van der Waals surface area (Å²) in [4.78, 5) is 2.33. The Kier molecular flexibility index (Phi) is 3.55. The molecular weight excluding hydrogens is 203 g/mol. The normalized spacial score (nSPS) is 10.8. The summed E-state index contributed by atoms with van der Waals surface area (Å²) < 4.78 is 5.57. The van der Waals surface area contributed by atoms with Crippen LogP contribution in [0.15, 0.2) is 0 Å². The van der Waals surface area contributed by atoms with E-state index in [0.29, 0.717) is 0 Å². The molecule has 0 radical (unpaired) electrons. The summed E-state index contributed by atoms with van der Waals surface area (Å²) >= 11 is -1.81. The van der Waals surface area contributed by atoms with E-state index in [9.17, 15) is 0 Å². The average Bonchev–Trinajstić information content (AvgIpc) is 1.87. The van der Waals surface area contributed by atoms with Gasteiger partial charge in [0.25, 0.3) is 0 Å². The molecule has 0 amide bonds. The van der Waals surface area contributed by atoms with Gasteiger partial charge < -0.3 is 0 Å². The molecule has 0 aromatic rings. The SMILES string of the molecule is C#[C][Sn]([CH3])([CH2]C)[CH2]C. The molecule has 0 heterocycles. The van der Waals surface area contributed by atoms with Crippen molar-refractivity contribution >= 4 is 18.4 Å². The summed E-state index contributed by atoms with van der Waals surface area (Å²) in [5, 5.41) is 0. The first-order valence-corrected chi connectivity index (χ1v) is 11.5. The molecule has 0 aliphatic carbocycles. The van der Waals surface area contributed by atoms with Crippen molar-refractivity contribution in [2.75, 3.05) is 0 Å². The van der Waals surface area contributed by atoms with Gasteiger partial charge in [0.15, 0.2) is 0 Å². The fraction of sp³-hybridized carbons (Fsp3) is 0.714. The van der Waals surface area contributed by atoms with Gasteiger partial charge in [-0.3, -0.25) is 0 Å². The number of terminal acetylenes is 1. The van der Waals surface area contributed by atoms with E-state index in [0.717, 1.165) is 0 Å². The van der Waals surface area contributed by atoms with E-state index in [1.807, 2.05) is 0 Å². The number of hydrogen-bond acceptors (Lipinski definition) is 0. The van der Waals surface area contributed by atoms with Crippen LogP contribution in [-0.4, -0.2) is 18.4 Å². The van der Waals surface area contributed by atoms with Crippen LogP contribution in [0.3, 0.4) is 0 Å². The van der Waals surface area contributed by atoms with Crippen LogP contribution in [0.4, 0.5) is 0 Å². The Morgan fingerprint density at radius 2 is 1.75 bits per heavy atom. The van der Waals surface area contributed by atoms with E-state index in [-0.39, 0.29) is 0 Å². The van der Waals surface area contributed by atoms with Gasteiger partial charge in [-0.05, 0) is 0 Å². The van der Waals surface area contributed by atoms with Crippen molar-refractivity contribution < 1.29 is 0 Å². The molecule has 0 fully saturated rings. The van der Waals surface area contributed by atoms with Gasteiger partial charge in [-0.2, -0.15) is 0 Å². The second-order valence-electron chi connectivity index (χ2n) is 2.41. The molecule has 8 heavy (non-hydrogen) atoms. The Bertz CT molecular complexity index is 95.4. The molecular formula is C7H14Sn. The van der Waals surface area contributed by atoms with Gasteiger partial charge in [0, 0.05) is 0 Å². The summed E-state index contributed by atoms with van der Waals surface area (Å²) in [5.41, 5.74) is 0. The van der Waals surface area contributed by atoms with Crippen molar-refractivity contribution in [2.45, 2.75) is 27.7 Å². The predicted octanol–water partition coefficient (Wildman–Crippen LogP) is 2.28. The van der Waals surface area contributed by atoms with E-state index in [1.165, 1.54) is 8.87 Å². The summed E-state index contributed by atoms with van der Waals surface area (Å²) in [5.74, 6) is 0. The first-order chi connectivity index (χ1) is 3.68. The van der Waals surface area contributed by atoms with Gasteiger partial charge in [-0.1, -0.05) is 0 Å². The third-order valence-electron chi connectivity index (χ3n) is 1.91. The van der Waals surface area contributed by atoms with Crippen LogP contribution < -0.4 is 0 Å². The molecule has 1 heteroatoms. The minimum atomic E-state index is -1.81. The zero-order valence-corrected chi connectivity index (χ0v) is 8.85. The van der Waals surface area contributed by atoms with Crippen LogP contribution in [0.5, 0.6) is 0 Å². The topological polar surface area (TPSA) is 0 Å². The van der Waals surface area contributed by atoms with E-state index >= 15 is 0 Å². The van der Waals surface area contributed by atoms with E-state index < -0.39 is 18.4 Å². The van der Waals surface area contributed by atoms with Crippen LogP contribution in [-0.2, 0) is 0 Å². The fourth-order valence-corrected chi connectivity index (χ4v) is 3.05. The van der Waals surface area contributed by atoms with E-state index in [2.05, 4.69) is 22.7 Å². The fourth-order valence-electron chi connectivity index (χ4n) is 0.454. The maximum atomic E-state index is 5.37. The van der Waals surface area contributed by atoms with Crippen molar-refractivity contribution in [1.82, 2.24) is 0 Å². The van der Waals surface area contributed by atoms with Gasteiger partial charge in [0.05, 0.1) is 0 Å². The third-order valence-corrected chi connectivity index (χ3v) is 12.8. The van der Waals surface area contributed by atoms with Crippen LogP contribution >= 0.6 is 0 Å². The van der Waals surface area contributed by atoms with Gasteiger partial charge in [0.2, 0.25) is 0 Å². The molecule has 0 spiro atoms. The van der Waals surface area contributed by atoms with Crippen molar-refractivity contribution in [2.24, 2.45) is 0 Å². The Balaban J connectivity index is 3.83. The monoisotopic (exact) mass is 218 g/mol. The van der Waals surface area contributed by atoms with Gasteiger partial charge in [0.1, 0.15) is 0 Å². The first-order valence-electron chi connectivity index (χ1n) is 3.16. The second kappa shape index (κ2) is 3.40. The van der Waals surface area contributed by atoms with Crippen molar-refractivity contribution in [3.8, 4) is 10.4 Å². The van der Waals surface area contributed by atoms with Gasteiger partial charge in [-0.25, -0.2) is 0 Å². The van der Waals surface area contributed by atoms with Crippen molar-refractivity contribution in [1.29, 1.82) is 0 Å². The van der Waals surface area contributed by atoms with Crippen molar-refractivity contribution in [3.63, 3.8) is 0 Å². The second-order valence-corrected chi connectivity index (χ2v) is 16.2. The number of hydrogen-bond donors (Lipinski definition) is 0. The summed E-state index contributed by atoms with van der Waals surface area (Å²) in [6, 6.07) is 0. The molecule has 0 saturated heterocycles. The molecule has 0 nitrogen and oxygen atoms in total. The Morgan fingerprint density at radius 3 is 1.75 bits per heavy atom. The van der Waals surface area contributed by atoms with E-state index in [4.69, 9.17) is 6.42 Å². The van der Waals surface area contributed by atoms with Crippen LogP contribution in [0.1, 0.15) is 13.8 Å². The average molecular weight is 217 g/mol. The summed E-state index contributed by atoms with van der Waals surface area (Å²) in [7, 11) is 0. The molecule has 0 unspecified atom stereocenters. The zero-order valence-electron chi connectivity index (χ0n) is 5.99. The third kappa shape index (κ3) is 2.08. The molecule has 0 rings (SSSR count). The zero-order chi connectivity index (χ0) is 6.62. The van der Waals surface area contributed by atoms with Crippen molar-refractivity contribution in [3.05, 3.63) is 0 Å². The van der Waals surface area contributed by atoms with Gasteiger partial charge >= 0.3 is 56.4 Å². The number of rotatable bonds is 2. The van der Waals surface area contributed by atoms with Crippen LogP contribution in [0, 0.1) is 10.4 Å². The minimum absolute atomic E-state index is 1.29. The van der Waals surface area contributed by atoms with E-state index in [1.54, 1.807) is 0 Å². The molecule has 0 atom stereocenters. The molecule has 0 saturated carbocycles. The quantitative estimate of drug-likeness (QED) is 0.491. The maximum absolute atomic E-state index is 5.37. The van der Waals surface area contributed by atoms with Crippen LogP contribution in [0.2, 0.25) is 13.8 Å². The molecule has 0 bridgehead atoms. The standard InChI is InChI=1S/2C2H5.C2H.CH3.Sn/c3*1-2;;/h2*1H2,2H3;1H;1H3;.